The molecule has 0 aliphatic carbocycles. The molecule has 0 aromatic carbocycles. The van der Waals surface area contributed by atoms with Crippen LogP contribution in [-0.2, 0) is 13.0 Å². The van der Waals surface area contributed by atoms with Crippen LogP contribution >= 0.6 is 22.9 Å². The van der Waals surface area contributed by atoms with Gasteiger partial charge in [-0.25, -0.2) is 9.97 Å². The number of halogens is 1. The summed E-state index contributed by atoms with van der Waals surface area (Å²) in [6.45, 7) is 1.17. The van der Waals surface area contributed by atoms with Crippen LogP contribution in [0.1, 0.15) is 17.0 Å². The van der Waals surface area contributed by atoms with Gasteiger partial charge in [-0.3, -0.25) is 4.79 Å². The quantitative estimate of drug-likeness (QED) is 0.857. The molecule has 0 saturated carbocycles. The van der Waals surface area contributed by atoms with E-state index in [1.165, 1.54) is 17.7 Å². The molecular formula is C11H8ClN5OS. The lowest BCUT2D eigenvalue weighted by Crippen LogP contribution is -2.34. The van der Waals surface area contributed by atoms with Gasteiger partial charge in [0.2, 0.25) is 0 Å². The second kappa shape index (κ2) is 4.64. The van der Waals surface area contributed by atoms with Crippen molar-refractivity contribution in [3.63, 3.8) is 0 Å². The van der Waals surface area contributed by atoms with Crippen LogP contribution in [0.2, 0.25) is 4.34 Å². The average molecular weight is 294 g/mol. The summed E-state index contributed by atoms with van der Waals surface area (Å²) in [5.74, 6) is 0. The van der Waals surface area contributed by atoms with E-state index in [4.69, 9.17) is 16.9 Å². The highest BCUT2D eigenvalue weighted by molar-refractivity contribution is 7.19. The third-order valence-corrected chi connectivity index (χ3v) is 4.28. The van der Waals surface area contributed by atoms with Crippen LogP contribution in [0.3, 0.4) is 0 Å². The number of rotatable bonds is 1. The third kappa shape index (κ3) is 2.09. The molecule has 96 valence electrons. The van der Waals surface area contributed by atoms with Crippen molar-refractivity contribution in [2.45, 2.75) is 13.0 Å². The molecule has 1 aliphatic heterocycles. The molecule has 19 heavy (non-hydrogen) atoms. The van der Waals surface area contributed by atoms with Gasteiger partial charge in [0.05, 0.1) is 18.6 Å². The molecular weight excluding hydrogens is 286 g/mol. The number of hydrogen-bond acceptors (Lipinski definition) is 6. The molecule has 8 heteroatoms. The van der Waals surface area contributed by atoms with Crippen LogP contribution in [0.4, 0.5) is 5.13 Å². The van der Waals surface area contributed by atoms with Crippen molar-refractivity contribution >= 4 is 28.1 Å². The fraction of sp³-hybridized carbons (Fsp3) is 0.273. The summed E-state index contributed by atoms with van der Waals surface area (Å²) in [5, 5.41) is 9.55. The number of H-pyrrole nitrogens is 1. The molecule has 3 rings (SSSR count). The molecule has 0 unspecified atom stereocenters. The smallest absolute Gasteiger partial charge is 0.254 e. The maximum Gasteiger partial charge on any atom is 0.254 e. The summed E-state index contributed by atoms with van der Waals surface area (Å²) in [7, 11) is 0. The Bertz CT molecular complexity index is 731. The molecule has 0 spiro atoms. The zero-order valence-corrected chi connectivity index (χ0v) is 11.3. The zero-order valence-electron chi connectivity index (χ0n) is 9.68. The Hall–Kier alpha value is -1.91. The Morgan fingerprint density at radius 1 is 1.58 bits per heavy atom. The Morgan fingerprint density at radius 3 is 3.16 bits per heavy atom. The second-order valence-corrected chi connectivity index (χ2v) is 5.64. The van der Waals surface area contributed by atoms with Gasteiger partial charge < -0.3 is 9.88 Å². The van der Waals surface area contributed by atoms with E-state index in [9.17, 15) is 4.79 Å². The fourth-order valence-corrected chi connectivity index (χ4v) is 3.09. The minimum absolute atomic E-state index is 0.0838. The molecule has 0 amide bonds. The van der Waals surface area contributed by atoms with Crippen molar-refractivity contribution in [3.8, 4) is 6.07 Å². The maximum absolute atomic E-state index is 11.6. The monoisotopic (exact) mass is 293 g/mol. The van der Waals surface area contributed by atoms with E-state index in [0.29, 0.717) is 29.0 Å². The third-order valence-electron chi connectivity index (χ3n) is 2.96. The minimum Gasteiger partial charge on any atom is -0.342 e. The van der Waals surface area contributed by atoms with Crippen molar-refractivity contribution < 1.29 is 0 Å². The van der Waals surface area contributed by atoms with Crippen LogP contribution in [0.25, 0.3) is 0 Å². The van der Waals surface area contributed by atoms with E-state index in [-0.39, 0.29) is 11.3 Å². The predicted octanol–water partition coefficient (Wildman–Crippen LogP) is 1.31. The first-order chi connectivity index (χ1) is 9.19. The van der Waals surface area contributed by atoms with Gasteiger partial charge in [-0.2, -0.15) is 5.26 Å². The lowest BCUT2D eigenvalue weighted by atomic mass is 10.1. The lowest BCUT2D eigenvalue weighted by Gasteiger charge is -2.26. The van der Waals surface area contributed by atoms with Crippen LogP contribution < -0.4 is 10.5 Å². The Morgan fingerprint density at radius 2 is 2.42 bits per heavy atom. The normalized spacial score (nSPS) is 14.0. The number of aromatic amines is 1. The fourth-order valence-electron chi connectivity index (χ4n) is 2.02. The Labute approximate surface area is 117 Å². The van der Waals surface area contributed by atoms with Crippen LogP contribution in [0, 0.1) is 11.3 Å². The molecule has 2 aromatic rings. The summed E-state index contributed by atoms with van der Waals surface area (Å²) in [6, 6.07) is 1.95. The molecule has 1 N–H and O–H groups in total. The van der Waals surface area contributed by atoms with Crippen LogP contribution in [0.5, 0.6) is 0 Å². The van der Waals surface area contributed by atoms with Gasteiger partial charge in [0.1, 0.15) is 10.4 Å². The summed E-state index contributed by atoms with van der Waals surface area (Å²) in [4.78, 5) is 24.5. The van der Waals surface area contributed by atoms with Gasteiger partial charge in [-0.15, -0.1) is 0 Å². The first kappa shape index (κ1) is 12.1. The van der Waals surface area contributed by atoms with E-state index in [0.717, 1.165) is 11.3 Å². The first-order valence-corrected chi connectivity index (χ1v) is 6.75. The average Bonchev–Trinajstić information content (AvgIpc) is 2.80. The molecule has 1 aliphatic rings. The number of thiazole rings is 1. The maximum atomic E-state index is 11.6. The van der Waals surface area contributed by atoms with E-state index in [1.54, 1.807) is 0 Å². The van der Waals surface area contributed by atoms with E-state index in [2.05, 4.69) is 15.0 Å². The SMILES string of the molecule is N#Cc1nc(N2CCc3c(nc[nH]c3=O)C2)sc1Cl. The number of aromatic nitrogens is 3. The van der Waals surface area contributed by atoms with E-state index >= 15 is 0 Å². The summed E-state index contributed by atoms with van der Waals surface area (Å²) < 4.78 is 0.391. The highest BCUT2D eigenvalue weighted by Gasteiger charge is 2.23. The van der Waals surface area contributed by atoms with E-state index < -0.39 is 0 Å². The van der Waals surface area contributed by atoms with Gasteiger partial charge >= 0.3 is 0 Å². The van der Waals surface area contributed by atoms with Gasteiger partial charge in [0, 0.05) is 12.1 Å². The van der Waals surface area contributed by atoms with Crippen molar-refractivity contribution in [1.82, 2.24) is 15.0 Å². The molecule has 0 fully saturated rings. The van der Waals surface area contributed by atoms with Crippen LogP contribution in [-0.4, -0.2) is 21.5 Å². The molecule has 6 nitrogen and oxygen atoms in total. The summed E-state index contributed by atoms with van der Waals surface area (Å²) in [5.41, 5.74) is 1.63. The molecule has 0 saturated heterocycles. The van der Waals surface area contributed by atoms with Crippen molar-refractivity contribution in [1.29, 1.82) is 5.26 Å². The van der Waals surface area contributed by atoms with Gasteiger partial charge in [-0.1, -0.05) is 22.9 Å². The van der Waals surface area contributed by atoms with Gasteiger partial charge in [-0.05, 0) is 6.42 Å². The Kier molecular flexibility index (Phi) is 2.97. The van der Waals surface area contributed by atoms with Crippen molar-refractivity contribution in [2.24, 2.45) is 0 Å². The minimum atomic E-state index is -0.0838. The van der Waals surface area contributed by atoms with Gasteiger partial charge in [0.25, 0.3) is 5.56 Å². The predicted molar refractivity (Wildman–Crippen MR) is 71.5 cm³/mol. The van der Waals surface area contributed by atoms with Gasteiger partial charge in [0.15, 0.2) is 10.8 Å². The summed E-state index contributed by atoms with van der Waals surface area (Å²) >= 11 is 7.19. The molecule has 0 bridgehead atoms. The first-order valence-electron chi connectivity index (χ1n) is 5.56. The number of nitrogens with zero attached hydrogens (tertiary/aromatic N) is 4. The molecule has 2 aromatic heterocycles. The number of hydrogen-bond donors (Lipinski definition) is 1. The van der Waals surface area contributed by atoms with Crippen LogP contribution in [0.15, 0.2) is 11.1 Å². The molecule has 3 heterocycles. The van der Waals surface area contributed by atoms with Crippen molar-refractivity contribution in [2.75, 3.05) is 11.4 Å². The number of nitrogens with one attached hydrogen (secondary N) is 1. The highest BCUT2D eigenvalue weighted by Crippen LogP contribution is 2.32. The molecule has 0 atom stereocenters. The number of anilines is 1. The highest BCUT2D eigenvalue weighted by atomic mass is 35.5. The standard InChI is InChI=1S/C11H8ClN5OS/c12-9-7(3-13)16-11(19-9)17-2-1-6-8(4-17)14-5-15-10(6)18/h5H,1-2,4H2,(H,14,15,18). The lowest BCUT2D eigenvalue weighted by molar-refractivity contribution is 0.694. The molecule has 0 radical (unpaired) electrons. The Balaban J connectivity index is 1.94. The van der Waals surface area contributed by atoms with Crippen molar-refractivity contribution in [3.05, 3.63) is 38.0 Å². The number of nitriles is 1. The number of fused-ring (bicyclic) bond motifs is 1. The topological polar surface area (TPSA) is 85.7 Å². The zero-order chi connectivity index (χ0) is 13.4. The summed E-state index contributed by atoms with van der Waals surface area (Å²) in [6.07, 6.45) is 2.01. The van der Waals surface area contributed by atoms with E-state index in [1.807, 2.05) is 11.0 Å². The largest absolute Gasteiger partial charge is 0.342 e. The second-order valence-electron chi connectivity index (χ2n) is 4.06.